The fourth-order valence-corrected chi connectivity index (χ4v) is 2.78. The summed E-state index contributed by atoms with van der Waals surface area (Å²) in [6.07, 6.45) is 9.42. The standard InChI is InChI=1S/C10H17NO.C8H5NO2.C5H5N/c1-9(2)8-10(12)11-6-4-3-5-7-11;10-7-5-3-1-2-4-6(5)8(11)9-7;1-2-4-6-5-3-1/h3-4,9H,5-8H2,1-2H3;1-4H,(H,9,10,11);1-5H. The van der Waals surface area contributed by atoms with Gasteiger partial charge in [-0.05, 0) is 36.6 Å². The topological polar surface area (TPSA) is 79.4 Å². The fraction of sp³-hybridized carbons (Fsp3) is 0.304. The highest BCUT2D eigenvalue weighted by atomic mass is 16.2. The Morgan fingerprint density at radius 2 is 1.62 bits per heavy atom. The van der Waals surface area contributed by atoms with E-state index >= 15 is 0 Å². The largest absolute Gasteiger partial charge is 0.339 e. The van der Waals surface area contributed by atoms with Gasteiger partial charge in [0.15, 0.2) is 0 Å². The molecule has 4 rings (SSSR count). The lowest BCUT2D eigenvalue weighted by Crippen LogP contribution is -2.34. The van der Waals surface area contributed by atoms with Crippen LogP contribution < -0.4 is 5.32 Å². The highest BCUT2D eigenvalue weighted by Crippen LogP contribution is 2.13. The first-order chi connectivity index (χ1) is 14.0. The Hall–Kier alpha value is -3.28. The highest BCUT2D eigenvalue weighted by Gasteiger charge is 2.25. The zero-order valence-corrected chi connectivity index (χ0v) is 16.9. The second-order valence-corrected chi connectivity index (χ2v) is 7.05. The molecule has 6 heteroatoms. The molecule has 6 nitrogen and oxygen atoms in total. The van der Waals surface area contributed by atoms with Gasteiger partial charge in [0.05, 0.1) is 11.1 Å². The summed E-state index contributed by atoms with van der Waals surface area (Å²) in [4.78, 5) is 39.1. The molecule has 0 saturated heterocycles. The Morgan fingerprint density at radius 1 is 1.00 bits per heavy atom. The minimum Gasteiger partial charge on any atom is -0.339 e. The lowest BCUT2D eigenvalue weighted by Gasteiger charge is -2.24. The molecule has 0 radical (unpaired) electrons. The van der Waals surface area contributed by atoms with Crippen LogP contribution in [-0.4, -0.2) is 40.7 Å². The van der Waals surface area contributed by atoms with E-state index in [1.165, 1.54) is 0 Å². The number of amides is 3. The molecule has 0 spiro atoms. The van der Waals surface area contributed by atoms with Gasteiger partial charge >= 0.3 is 0 Å². The average molecular weight is 393 g/mol. The Morgan fingerprint density at radius 3 is 2.03 bits per heavy atom. The van der Waals surface area contributed by atoms with Crippen molar-refractivity contribution in [2.24, 2.45) is 5.92 Å². The smallest absolute Gasteiger partial charge is 0.258 e. The summed E-state index contributed by atoms with van der Waals surface area (Å²) in [5.41, 5.74) is 0.940. The molecule has 1 N–H and O–H groups in total. The van der Waals surface area contributed by atoms with Gasteiger partial charge in [0.2, 0.25) is 5.91 Å². The first-order valence-corrected chi connectivity index (χ1v) is 9.71. The summed E-state index contributed by atoms with van der Waals surface area (Å²) < 4.78 is 0. The minimum absolute atomic E-state index is 0.300. The molecule has 3 amide bonds. The Kier molecular flexibility index (Phi) is 8.76. The SMILES string of the molecule is CC(C)CC(=O)N1CC=CCC1.O=C1NC(=O)c2ccccc21.c1ccncc1. The third kappa shape index (κ3) is 7.33. The molecule has 0 saturated carbocycles. The van der Waals surface area contributed by atoms with E-state index in [1.54, 1.807) is 36.7 Å². The lowest BCUT2D eigenvalue weighted by atomic mass is 10.1. The molecule has 3 heterocycles. The van der Waals surface area contributed by atoms with Crippen molar-refractivity contribution in [3.05, 3.63) is 78.1 Å². The van der Waals surface area contributed by atoms with Crippen LogP contribution in [0.5, 0.6) is 0 Å². The van der Waals surface area contributed by atoms with Crippen LogP contribution in [0.3, 0.4) is 0 Å². The zero-order valence-electron chi connectivity index (χ0n) is 16.9. The number of fused-ring (bicyclic) bond motifs is 1. The fourth-order valence-electron chi connectivity index (χ4n) is 2.78. The average Bonchev–Trinajstić information content (AvgIpc) is 3.04. The quantitative estimate of drug-likeness (QED) is 0.626. The van der Waals surface area contributed by atoms with E-state index < -0.39 is 0 Å². The van der Waals surface area contributed by atoms with Gasteiger partial charge in [-0.15, -0.1) is 0 Å². The van der Waals surface area contributed by atoms with Crippen molar-refractivity contribution in [1.82, 2.24) is 15.2 Å². The normalized spacial score (nSPS) is 14.2. The van der Waals surface area contributed by atoms with E-state index in [2.05, 4.69) is 36.3 Å². The van der Waals surface area contributed by atoms with Crippen molar-refractivity contribution in [2.45, 2.75) is 26.7 Å². The molecule has 0 bridgehead atoms. The predicted octanol–water partition coefficient (Wildman–Crippen LogP) is 3.47. The number of rotatable bonds is 2. The maximum absolute atomic E-state index is 11.5. The van der Waals surface area contributed by atoms with E-state index in [9.17, 15) is 14.4 Å². The summed E-state index contributed by atoms with van der Waals surface area (Å²) >= 11 is 0. The number of pyridine rings is 1. The van der Waals surface area contributed by atoms with Crippen LogP contribution in [0.25, 0.3) is 0 Å². The van der Waals surface area contributed by atoms with Crippen LogP contribution in [0, 0.1) is 5.92 Å². The maximum Gasteiger partial charge on any atom is 0.258 e. The van der Waals surface area contributed by atoms with Gasteiger partial charge in [0, 0.05) is 31.9 Å². The molecule has 2 aromatic rings. The molecule has 152 valence electrons. The first-order valence-electron chi connectivity index (χ1n) is 9.71. The van der Waals surface area contributed by atoms with Crippen LogP contribution in [0.1, 0.15) is 47.4 Å². The Labute approximate surface area is 171 Å². The van der Waals surface area contributed by atoms with Gasteiger partial charge in [0.1, 0.15) is 0 Å². The van der Waals surface area contributed by atoms with Crippen molar-refractivity contribution < 1.29 is 14.4 Å². The van der Waals surface area contributed by atoms with Crippen molar-refractivity contribution in [3.63, 3.8) is 0 Å². The van der Waals surface area contributed by atoms with Crippen LogP contribution in [0.4, 0.5) is 0 Å². The van der Waals surface area contributed by atoms with E-state index in [4.69, 9.17) is 0 Å². The molecule has 29 heavy (non-hydrogen) atoms. The van der Waals surface area contributed by atoms with Gasteiger partial charge in [-0.3, -0.25) is 24.7 Å². The van der Waals surface area contributed by atoms with Crippen LogP contribution in [0.15, 0.2) is 67.0 Å². The second-order valence-electron chi connectivity index (χ2n) is 7.05. The highest BCUT2D eigenvalue weighted by molar-refractivity contribution is 6.21. The van der Waals surface area contributed by atoms with Crippen molar-refractivity contribution >= 4 is 17.7 Å². The molecule has 2 aliphatic rings. The summed E-state index contributed by atoms with van der Waals surface area (Å²) in [6.45, 7) is 5.88. The van der Waals surface area contributed by atoms with Gasteiger partial charge in [-0.25, -0.2) is 0 Å². The summed E-state index contributed by atoms with van der Waals surface area (Å²) in [7, 11) is 0. The molecule has 1 aromatic carbocycles. The Balaban J connectivity index is 0.000000163. The number of hydrogen-bond donors (Lipinski definition) is 1. The molecule has 1 aromatic heterocycles. The van der Waals surface area contributed by atoms with Crippen molar-refractivity contribution in [1.29, 1.82) is 0 Å². The third-order valence-corrected chi connectivity index (χ3v) is 4.20. The second kappa shape index (κ2) is 11.5. The van der Waals surface area contributed by atoms with Gasteiger partial charge in [-0.2, -0.15) is 0 Å². The van der Waals surface area contributed by atoms with Gasteiger partial charge in [0.25, 0.3) is 11.8 Å². The molecule has 0 fully saturated rings. The van der Waals surface area contributed by atoms with Crippen LogP contribution >= 0.6 is 0 Å². The van der Waals surface area contributed by atoms with Crippen molar-refractivity contribution in [3.8, 4) is 0 Å². The summed E-state index contributed by atoms with van der Waals surface area (Å²) in [5.74, 6) is 0.175. The summed E-state index contributed by atoms with van der Waals surface area (Å²) in [6, 6.07) is 12.5. The molecule has 0 unspecified atom stereocenters. The third-order valence-electron chi connectivity index (χ3n) is 4.20. The zero-order chi connectivity index (χ0) is 21.1. The number of imide groups is 1. The molecular weight excluding hydrogens is 366 g/mol. The number of benzene rings is 1. The summed E-state index contributed by atoms with van der Waals surface area (Å²) in [5, 5.41) is 2.20. The molecule has 2 aliphatic heterocycles. The van der Waals surface area contributed by atoms with E-state index in [0.717, 1.165) is 19.5 Å². The maximum atomic E-state index is 11.5. The molecule has 0 atom stereocenters. The molecular formula is C23H27N3O3. The number of nitrogens with one attached hydrogen (secondary N) is 1. The first kappa shape index (κ1) is 22.0. The number of hydrogen-bond acceptors (Lipinski definition) is 4. The van der Waals surface area contributed by atoms with Gasteiger partial charge < -0.3 is 4.90 Å². The van der Waals surface area contributed by atoms with Crippen LogP contribution in [0.2, 0.25) is 0 Å². The lowest BCUT2D eigenvalue weighted by molar-refractivity contribution is -0.131. The number of aromatic nitrogens is 1. The van der Waals surface area contributed by atoms with E-state index in [0.29, 0.717) is 29.4 Å². The number of carbonyl (C=O) groups excluding carboxylic acids is 3. The predicted molar refractivity (Wildman–Crippen MR) is 112 cm³/mol. The minimum atomic E-state index is -0.300. The van der Waals surface area contributed by atoms with Gasteiger partial charge in [-0.1, -0.05) is 44.2 Å². The van der Waals surface area contributed by atoms with E-state index in [1.807, 2.05) is 23.1 Å². The molecule has 0 aliphatic carbocycles. The van der Waals surface area contributed by atoms with E-state index in [-0.39, 0.29) is 11.8 Å². The number of carbonyl (C=O) groups is 3. The van der Waals surface area contributed by atoms with Crippen molar-refractivity contribution in [2.75, 3.05) is 13.1 Å². The number of nitrogens with zero attached hydrogens (tertiary/aromatic N) is 2. The monoisotopic (exact) mass is 393 g/mol. The Bertz CT molecular complexity index is 788. The van der Waals surface area contributed by atoms with Crippen LogP contribution in [-0.2, 0) is 4.79 Å².